The zero-order valence-corrected chi connectivity index (χ0v) is 12.0. The first-order chi connectivity index (χ1) is 13.1. The molecule has 1 aromatic carbocycles. The van der Waals surface area contributed by atoms with Crippen LogP contribution in [0.1, 0.15) is 20.7 Å². The summed E-state index contributed by atoms with van der Waals surface area (Å²) >= 11 is 0. The Morgan fingerprint density at radius 1 is 1.55 bits per heavy atom. The van der Waals surface area contributed by atoms with Crippen molar-refractivity contribution in [2.45, 2.75) is 12.2 Å². The zero-order chi connectivity index (χ0) is 22.5. The molecule has 20 heavy (non-hydrogen) atoms. The average Bonchev–Trinajstić information content (AvgIpc) is 2.85. The number of hydrogen-bond acceptors (Lipinski definition) is 3. The number of aromatic amines is 1. The molecule has 0 unspecified atom stereocenters. The summed E-state index contributed by atoms with van der Waals surface area (Å²) in [7, 11) is -1.16. The van der Waals surface area contributed by atoms with Gasteiger partial charge in [-0.15, -0.1) is 0 Å². The number of rotatable bonds is 6. The normalized spacial score (nSPS) is 19.7. The topological polar surface area (TPSA) is 65.2 Å². The second-order valence-corrected chi connectivity index (χ2v) is 6.29. The summed E-state index contributed by atoms with van der Waals surface area (Å²) < 4.78 is 93.6. The maximum Gasteiger partial charge on any atom is 0.215 e. The lowest BCUT2D eigenvalue weighted by atomic mass is 10.1. The number of aromatic nitrogens is 1. The highest BCUT2D eigenvalue weighted by Gasteiger charge is 2.11. The molecule has 0 aliphatic rings. The van der Waals surface area contributed by atoms with Gasteiger partial charge < -0.3 is 9.88 Å². The molecule has 0 fully saturated rings. The molecule has 0 aliphatic heterocycles. The van der Waals surface area contributed by atoms with Crippen LogP contribution < -0.4 is 4.72 Å². The third-order valence-corrected chi connectivity index (χ3v) is 3.66. The minimum atomic E-state index is -4.74. The summed E-state index contributed by atoms with van der Waals surface area (Å²) in [6, 6.07) is -1.65. The zero-order valence-electron chi connectivity index (χ0n) is 20.2. The van der Waals surface area contributed by atoms with E-state index in [1.807, 2.05) is 4.90 Å². The van der Waals surface area contributed by atoms with Crippen molar-refractivity contribution in [1.29, 1.82) is 0 Å². The standard InChI is InChI=1S/C14H21N3O2S/c1-15-20(18,19)10-11-4-5-14-13(8-11)12(9-16-14)6-7-17(2)3/h4-5,8-9,15-16H,6-7,10H2,1-3H3/i1D3,4D,5D,8D,9D/hD2. The molecule has 110 valence electrons. The summed E-state index contributed by atoms with van der Waals surface area (Å²) in [5, 5.41) is 0.0171. The highest BCUT2D eigenvalue weighted by atomic mass is 32.2. The summed E-state index contributed by atoms with van der Waals surface area (Å²) in [5.74, 6) is -1.13. The number of nitrogens with one attached hydrogen (secondary N) is 2. The van der Waals surface area contributed by atoms with Gasteiger partial charge in [0.25, 0.3) is 0 Å². The second-order valence-electron chi connectivity index (χ2n) is 4.65. The average molecular weight is 304 g/mol. The van der Waals surface area contributed by atoms with Gasteiger partial charge in [0, 0.05) is 27.7 Å². The first kappa shape index (κ1) is 7.06. The molecule has 0 bridgehead atoms. The van der Waals surface area contributed by atoms with E-state index in [0.717, 1.165) is 0 Å². The molecule has 0 radical (unpaired) electrons. The monoisotopic (exact) mass is 304 g/mol. The first-order valence-electron chi connectivity index (χ1n) is 10.3. The quantitative estimate of drug-likeness (QED) is 0.846. The fourth-order valence-electron chi connectivity index (χ4n) is 1.72. The van der Waals surface area contributed by atoms with Crippen LogP contribution in [0.4, 0.5) is 0 Å². The van der Waals surface area contributed by atoms with Crippen molar-refractivity contribution in [3.8, 4) is 0 Å². The maximum absolute atomic E-state index is 12.3. The SMILES string of the molecule is [2H]c1c(CS(=O)(=O)N([2H])C([2H])([2H])[2H])c([2H])c2c(CCN(C)C)c([2H])n([2H])c2c1[2H]. The summed E-state index contributed by atoms with van der Waals surface area (Å²) in [4.78, 5) is 2.45. The van der Waals surface area contributed by atoms with Crippen LogP contribution in [0.5, 0.6) is 0 Å². The summed E-state index contributed by atoms with van der Waals surface area (Å²) in [6.07, 6.45) is -0.0176. The Labute approximate surface area is 132 Å². The lowest BCUT2D eigenvalue weighted by molar-refractivity contribution is 0.414. The molecule has 0 aliphatic carbocycles. The number of H-pyrrole nitrogens is 1. The van der Waals surface area contributed by atoms with Gasteiger partial charge in [0.1, 0.15) is 1.41 Å². The highest BCUT2D eigenvalue weighted by Crippen LogP contribution is 2.21. The van der Waals surface area contributed by atoms with E-state index in [-0.39, 0.29) is 29.1 Å². The Morgan fingerprint density at radius 3 is 3.05 bits per heavy atom. The Balaban J connectivity index is 2.74. The van der Waals surface area contributed by atoms with Gasteiger partial charge in [-0.3, -0.25) is 0 Å². The number of hydrogen-bond donors (Lipinski definition) is 2. The number of sulfonamides is 1. The molecule has 0 atom stereocenters. The lowest BCUT2D eigenvalue weighted by Crippen LogP contribution is -2.20. The number of fused-ring (bicyclic) bond motifs is 1. The van der Waals surface area contributed by atoms with Gasteiger partial charge >= 0.3 is 0 Å². The highest BCUT2D eigenvalue weighted by molar-refractivity contribution is 7.88. The molecule has 2 N–H and O–H groups in total. The van der Waals surface area contributed by atoms with Crippen molar-refractivity contribution in [3.63, 3.8) is 0 Å². The van der Waals surface area contributed by atoms with E-state index in [1.165, 1.54) is 0 Å². The van der Waals surface area contributed by atoms with E-state index in [4.69, 9.17) is 12.4 Å². The van der Waals surface area contributed by atoms with Gasteiger partial charge in [0.05, 0.1) is 11.2 Å². The lowest BCUT2D eigenvalue weighted by Gasteiger charge is -2.08. The van der Waals surface area contributed by atoms with Gasteiger partial charge in [-0.2, -0.15) is 0 Å². The maximum atomic E-state index is 12.3. The Morgan fingerprint density at radius 2 is 2.35 bits per heavy atom. The largest absolute Gasteiger partial charge is 0.361 e. The molecule has 0 saturated carbocycles. The van der Waals surface area contributed by atoms with Crippen LogP contribution in [0.15, 0.2) is 24.3 Å². The van der Waals surface area contributed by atoms with Crippen molar-refractivity contribution < 1.29 is 20.8 Å². The minimum absolute atomic E-state index is 0.0171. The fourth-order valence-corrected chi connectivity index (χ4v) is 2.30. The molecule has 0 amide bonds. The van der Waals surface area contributed by atoms with E-state index in [2.05, 4.69) is 0 Å². The van der Waals surface area contributed by atoms with Crippen molar-refractivity contribution in [2.24, 2.45) is 0 Å². The third-order valence-electron chi connectivity index (χ3n) is 2.72. The van der Waals surface area contributed by atoms with E-state index >= 15 is 0 Å². The summed E-state index contributed by atoms with van der Waals surface area (Å²) in [5.41, 5.74) is -0.335. The van der Waals surface area contributed by atoms with Crippen LogP contribution in [0.2, 0.25) is 2.82 Å². The van der Waals surface area contributed by atoms with E-state index in [9.17, 15) is 8.42 Å². The Bertz CT molecular complexity index is 1050. The second kappa shape index (κ2) is 5.95. The van der Waals surface area contributed by atoms with Crippen molar-refractivity contribution in [2.75, 3.05) is 27.6 Å². The van der Waals surface area contributed by atoms with E-state index in [1.54, 1.807) is 14.1 Å². The Hall–Kier alpha value is -1.37. The van der Waals surface area contributed by atoms with E-state index in [0.29, 0.717) is 11.5 Å². The van der Waals surface area contributed by atoms with Gasteiger partial charge in [-0.25, -0.2) is 13.1 Å². The summed E-state index contributed by atoms with van der Waals surface area (Å²) in [6.45, 7) is -2.79. The molecular formula is C14H21N3O2S. The predicted molar refractivity (Wildman–Crippen MR) is 82.2 cm³/mol. The molecule has 2 rings (SSSR count). The van der Waals surface area contributed by atoms with Gasteiger partial charge in [-0.1, -0.05) is 6.04 Å². The molecule has 1 aromatic heterocycles. The molecule has 0 saturated heterocycles. The smallest absolute Gasteiger partial charge is 0.215 e. The molecule has 6 heteroatoms. The van der Waals surface area contributed by atoms with Crippen LogP contribution in [-0.2, 0) is 22.2 Å². The van der Waals surface area contributed by atoms with Gasteiger partial charge in [0.15, 0.2) is 1.41 Å². The molecule has 1 heterocycles. The van der Waals surface area contributed by atoms with Crippen LogP contribution >= 0.6 is 0 Å². The van der Waals surface area contributed by atoms with Crippen molar-refractivity contribution >= 4 is 20.9 Å². The van der Waals surface area contributed by atoms with Crippen LogP contribution in [0.3, 0.4) is 0 Å². The molecule has 5 nitrogen and oxygen atoms in total. The predicted octanol–water partition coefficient (Wildman–Crippen LogP) is 1.32. The number of likely N-dealkylation sites (N-methyl/N-ethyl adjacent to an activating group) is 1. The fraction of sp³-hybridized carbons (Fsp3) is 0.429. The van der Waals surface area contributed by atoms with E-state index < -0.39 is 51.2 Å². The van der Waals surface area contributed by atoms with Gasteiger partial charge in [-0.05, 0) is 50.7 Å². The third kappa shape index (κ3) is 3.59. The Kier molecular flexibility index (Phi) is 2.10. The first-order valence-corrected chi connectivity index (χ1v) is 7.50. The molecule has 0 spiro atoms. The van der Waals surface area contributed by atoms with Crippen LogP contribution in [0.25, 0.3) is 10.9 Å². The van der Waals surface area contributed by atoms with Crippen molar-refractivity contribution in [3.05, 3.63) is 35.4 Å². The molecular weight excluding hydrogens is 274 g/mol. The number of benzene rings is 1. The van der Waals surface area contributed by atoms with Crippen molar-refractivity contribution in [1.82, 2.24) is 14.6 Å². The van der Waals surface area contributed by atoms with Gasteiger partial charge in [0.2, 0.25) is 10.0 Å². The number of nitrogens with zero attached hydrogens (tertiary/aromatic N) is 1. The van der Waals surface area contributed by atoms with Crippen LogP contribution in [0, 0.1) is 0 Å². The molecule has 2 aromatic rings. The minimum Gasteiger partial charge on any atom is -0.361 e. The van der Waals surface area contributed by atoms with Crippen LogP contribution in [-0.4, -0.2) is 45.9 Å².